The van der Waals surface area contributed by atoms with Gasteiger partial charge in [0, 0.05) is 51.4 Å². The van der Waals surface area contributed by atoms with Crippen molar-refractivity contribution in [3.8, 4) is 0 Å². The Labute approximate surface area is 130 Å². The van der Waals surface area contributed by atoms with Gasteiger partial charge in [-0.05, 0) is 0 Å². The van der Waals surface area contributed by atoms with Gasteiger partial charge in [0.25, 0.3) is 5.78 Å². The largest absolute Gasteiger partial charge is 0.433 e. The molecule has 23 heavy (non-hydrogen) atoms. The van der Waals surface area contributed by atoms with Gasteiger partial charge in [0.05, 0.1) is 0 Å². The minimum absolute atomic E-state index is 0.0588. The number of nitrogens with one attached hydrogen (secondary N) is 1. The molecule has 1 atom stereocenters. The van der Waals surface area contributed by atoms with Gasteiger partial charge < -0.3 is 5.32 Å². The molecule has 7 nitrogen and oxygen atoms in total. The number of rotatable bonds is 3. The fourth-order valence-electron chi connectivity index (χ4n) is 3.22. The lowest BCUT2D eigenvalue weighted by molar-refractivity contribution is -0.141. The topological polar surface area (TPSA) is 61.6 Å². The molecule has 10 heteroatoms. The molecule has 1 N–H and O–H groups in total. The van der Waals surface area contributed by atoms with Crippen LogP contribution < -0.4 is 5.32 Å². The number of nitrogens with zero attached hydrogens (tertiary/aromatic N) is 6. The highest BCUT2D eigenvalue weighted by Crippen LogP contribution is 2.29. The first-order valence-electron chi connectivity index (χ1n) is 7.49. The number of alkyl halides is 3. The van der Waals surface area contributed by atoms with Crippen LogP contribution in [0.4, 0.5) is 19.0 Å². The predicted octanol–water partition coefficient (Wildman–Crippen LogP) is 0.555. The highest BCUT2D eigenvalue weighted by atomic mass is 19.4. The first kappa shape index (κ1) is 14.6. The number of aromatic nitrogens is 4. The summed E-state index contributed by atoms with van der Waals surface area (Å²) in [6.07, 6.45) is -3.31. The van der Waals surface area contributed by atoms with E-state index in [1.54, 1.807) is 0 Å². The van der Waals surface area contributed by atoms with Gasteiger partial charge in [-0.1, -0.05) is 0 Å². The molecule has 0 aliphatic carbocycles. The van der Waals surface area contributed by atoms with Gasteiger partial charge in [0.1, 0.15) is 12.1 Å². The number of piperazine rings is 3. The van der Waals surface area contributed by atoms with Gasteiger partial charge in [-0.2, -0.15) is 27.8 Å². The van der Waals surface area contributed by atoms with E-state index >= 15 is 0 Å². The maximum Gasteiger partial charge on any atom is 0.433 e. The average Bonchev–Trinajstić information content (AvgIpc) is 3.01. The van der Waals surface area contributed by atoms with Gasteiger partial charge >= 0.3 is 6.18 Å². The van der Waals surface area contributed by atoms with Crippen LogP contribution in [0.3, 0.4) is 0 Å². The second-order valence-corrected chi connectivity index (χ2v) is 5.87. The van der Waals surface area contributed by atoms with Crippen LogP contribution in [0.25, 0.3) is 5.78 Å². The summed E-state index contributed by atoms with van der Waals surface area (Å²) in [5.41, 5.74) is -0.963. The van der Waals surface area contributed by atoms with Crippen molar-refractivity contribution < 1.29 is 13.2 Å². The molecule has 3 aliphatic rings. The zero-order valence-corrected chi connectivity index (χ0v) is 12.3. The van der Waals surface area contributed by atoms with E-state index in [9.17, 15) is 13.2 Å². The van der Waals surface area contributed by atoms with Crippen LogP contribution in [0.2, 0.25) is 0 Å². The lowest BCUT2D eigenvalue weighted by Crippen LogP contribution is -2.62. The van der Waals surface area contributed by atoms with E-state index in [2.05, 4.69) is 30.2 Å². The van der Waals surface area contributed by atoms with Crippen LogP contribution in [0.5, 0.6) is 0 Å². The van der Waals surface area contributed by atoms with Crippen molar-refractivity contribution in [2.45, 2.75) is 12.2 Å². The molecule has 0 amide bonds. The lowest BCUT2D eigenvalue weighted by Gasteiger charge is -2.47. The summed E-state index contributed by atoms with van der Waals surface area (Å²) in [7, 11) is 0. The zero-order valence-electron chi connectivity index (χ0n) is 12.3. The molecule has 0 radical (unpaired) electrons. The molecule has 2 aromatic rings. The van der Waals surface area contributed by atoms with Crippen molar-refractivity contribution in [3.63, 3.8) is 0 Å². The molecule has 124 valence electrons. The van der Waals surface area contributed by atoms with Crippen molar-refractivity contribution in [2.75, 3.05) is 44.6 Å². The molecule has 3 fully saturated rings. The van der Waals surface area contributed by atoms with Crippen molar-refractivity contribution in [2.24, 2.45) is 0 Å². The van der Waals surface area contributed by atoms with E-state index in [1.807, 2.05) is 0 Å². The molecule has 2 aromatic heterocycles. The first-order chi connectivity index (χ1) is 11.0. The van der Waals surface area contributed by atoms with E-state index < -0.39 is 11.9 Å². The predicted molar refractivity (Wildman–Crippen MR) is 76.1 cm³/mol. The van der Waals surface area contributed by atoms with E-state index in [4.69, 9.17) is 0 Å². The Kier molecular flexibility index (Phi) is 3.38. The quantitative estimate of drug-likeness (QED) is 0.889. The van der Waals surface area contributed by atoms with Gasteiger partial charge in [0.2, 0.25) is 0 Å². The van der Waals surface area contributed by atoms with Crippen LogP contribution in [-0.2, 0) is 6.18 Å². The van der Waals surface area contributed by atoms with Gasteiger partial charge in [0.15, 0.2) is 5.69 Å². The normalized spacial score (nSPS) is 27.5. The molecule has 0 saturated carbocycles. The van der Waals surface area contributed by atoms with E-state index in [1.165, 1.54) is 10.8 Å². The summed E-state index contributed by atoms with van der Waals surface area (Å²) >= 11 is 0. The molecule has 3 saturated heterocycles. The number of hydrogen-bond acceptors (Lipinski definition) is 6. The smallest absolute Gasteiger partial charge is 0.368 e. The second-order valence-electron chi connectivity index (χ2n) is 5.87. The van der Waals surface area contributed by atoms with E-state index in [0.717, 1.165) is 38.8 Å². The van der Waals surface area contributed by atoms with Crippen molar-refractivity contribution >= 4 is 11.6 Å². The van der Waals surface area contributed by atoms with Gasteiger partial charge in [-0.3, -0.25) is 9.80 Å². The number of fused-ring (bicyclic) bond motifs is 4. The monoisotopic (exact) mass is 327 g/mol. The highest BCUT2D eigenvalue weighted by Gasteiger charge is 2.35. The van der Waals surface area contributed by atoms with Crippen molar-refractivity contribution in [1.82, 2.24) is 29.4 Å². The van der Waals surface area contributed by atoms with Crippen molar-refractivity contribution in [1.29, 1.82) is 0 Å². The Balaban J connectivity index is 1.57. The Morgan fingerprint density at radius 3 is 2.65 bits per heavy atom. The summed E-state index contributed by atoms with van der Waals surface area (Å²) in [6, 6.07) is 1.27. The van der Waals surface area contributed by atoms with Crippen LogP contribution in [0, 0.1) is 0 Å². The number of hydrogen-bond donors (Lipinski definition) is 1. The van der Waals surface area contributed by atoms with Crippen LogP contribution in [0.15, 0.2) is 12.4 Å². The standard InChI is InChI=1S/C13H16F3N7/c14-13(15,16)10-5-11(23-12(20-10)18-8-19-23)17-6-9-7-21-1-3-22(9)4-2-21/h5,8-9,17H,1-4,6-7H2. The molecule has 0 spiro atoms. The molecule has 3 aliphatic heterocycles. The summed E-state index contributed by atoms with van der Waals surface area (Å²) in [4.78, 5) is 12.0. The van der Waals surface area contributed by atoms with Crippen LogP contribution >= 0.6 is 0 Å². The Morgan fingerprint density at radius 1 is 1.22 bits per heavy atom. The maximum absolute atomic E-state index is 13.0. The second kappa shape index (κ2) is 5.31. The van der Waals surface area contributed by atoms with Crippen molar-refractivity contribution in [3.05, 3.63) is 18.1 Å². The molecule has 5 rings (SSSR count). The summed E-state index contributed by atoms with van der Waals surface area (Å²) in [5.74, 6) is 0.203. The summed E-state index contributed by atoms with van der Waals surface area (Å²) in [5, 5.41) is 7.04. The minimum Gasteiger partial charge on any atom is -0.368 e. The third-order valence-corrected chi connectivity index (χ3v) is 4.45. The third kappa shape index (κ3) is 2.72. The highest BCUT2D eigenvalue weighted by molar-refractivity contribution is 5.45. The van der Waals surface area contributed by atoms with E-state index in [0.29, 0.717) is 12.6 Å². The van der Waals surface area contributed by atoms with Crippen LogP contribution in [0.1, 0.15) is 5.69 Å². The third-order valence-electron chi connectivity index (χ3n) is 4.45. The lowest BCUT2D eigenvalue weighted by atomic mass is 10.1. The van der Waals surface area contributed by atoms with Gasteiger partial charge in [-0.25, -0.2) is 4.98 Å². The zero-order chi connectivity index (χ0) is 16.0. The number of halogens is 3. The fourth-order valence-corrected chi connectivity index (χ4v) is 3.22. The summed E-state index contributed by atoms with van der Waals surface area (Å²) in [6.45, 7) is 5.65. The Morgan fingerprint density at radius 2 is 2.00 bits per heavy atom. The Hall–Kier alpha value is -1.94. The Bertz CT molecular complexity index is 705. The maximum atomic E-state index is 13.0. The SMILES string of the molecule is FC(F)(F)c1cc(NCC2CN3CCN2CC3)n2ncnc2n1. The molecular weight excluding hydrogens is 311 g/mol. The minimum atomic E-state index is -4.51. The fraction of sp³-hybridized carbons (Fsp3) is 0.615. The van der Waals surface area contributed by atoms with Gasteiger partial charge in [-0.15, -0.1) is 0 Å². The molecular formula is C13H16F3N7. The first-order valence-corrected chi connectivity index (χ1v) is 7.49. The molecule has 0 aromatic carbocycles. The average molecular weight is 327 g/mol. The van der Waals surface area contributed by atoms with Crippen LogP contribution in [-0.4, -0.2) is 74.7 Å². The number of anilines is 1. The molecule has 5 heterocycles. The summed E-state index contributed by atoms with van der Waals surface area (Å²) < 4.78 is 40.2. The molecule has 1 unspecified atom stereocenters. The van der Waals surface area contributed by atoms with E-state index in [-0.39, 0.29) is 11.6 Å². The molecule has 2 bridgehead atoms.